The molecule has 0 spiro atoms. The first-order valence-electron chi connectivity index (χ1n) is 7.13. The minimum absolute atomic E-state index is 0.277. The van der Waals surface area contributed by atoms with E-state index in [0.29, 0.717) is 19.5 Å². The van der Waals surface area contributed by atoms with E-state index in [2.05, 4.69) is 10.2 Å². The monoisotopic (exact) mass is 285 g/mol. The third-order valence-electron chi connectivity index (χ3n) is 4.15. The summed E-state index contributed by atoms with van der Waals surface area (Å²) in [5, 5.41) is 12.1. The number of rotatable bonds is 4. The van der Waals surface area contributed by atoms with Crippen molar-refractivity contribution in [3.8, 4) is 0 Å². The summed E-state index contributed by atoms with van der Waals surface area (Å²) in [6, 6.07) is -0.277. The van der Waals surface area contributed by atoms with Crippen LogP contribution in [0.4, 0.5) is 4.79 Å². The molecule has 2 heterocycles. The Kier molecular flexibility index (Phi) is 4.82. The van der Waals surface area contributed by atoms with Gasteiger partial charge in [0, 0.05) is 32.7 Å². The number of nitrogens with one attached hydrogen (secondary N) is 1. The minimum Gasteiger partial charge on any atom is -0.480 e. The number of urea groups is 1. The van der Waals surface area contributed by atoms with Gasteiger partial charge in [-0.2, -0.15) is 0 Å². The second-order valence-corrected chi connectivity index (χ2v) is 5.52. The summed E-state index contributed by atoms with van der Waals surface area (Å²) in [5.41, 5.74) is -1.07. The third kappa shape index (κ3) is 3.21. The largest absolute Gasteiger partial charge is 0.480 e. The van der Waals surface area contributed by atoms with Gasteiger partial charge in [-0.25, -0.2) is 9.59 Å². The van der Waals surface area contributed by atoms with E-state index in [1.165, 1.54) is 4.90 Å². The van der Waals surface area contributed by atoms with E-state index in [-0.39, 0.29) is 6.03 Å². The zero-order chi connectivity index (χ0) is 14.6. The van der Waals surface area contributed by atoms with Crippen LogP contribution in [0.25, 0.3) is 0 Å². The summed E-state index contributed by atoms with van der Waals surface area (Å²) in [6.07, 6.45) is 1.25. The van der Waals surface area contributed by atoms with Gasteiger partial charge >= 0.3 is 12.0 Å². The number of likely N-dealkylation sites (tertiary alicyclic amines) is 1. The molecular formula is C13H23N3O4. The maximum absolute atomic E-state index is 12.1. The Bertz CT molecular complexity index is 371. The molecule has 1 atom stereocenters. The summed E-state index contributed by atoms with van der Waals surface area (Å²) in [7, 11) is 0. The SMILES string of the molecule is CC1(C(=O)O)CCCN1C(=O)NCCN1CCOCC1. The highest BCUT2D eigenvalue weighted by atomic mass is 16.5. The fourth-order valence-electron chi connectivity index (χ4n) is 2.75. The van der Waals surface area contributed by atoms with Gasteiger partial charge in [-0.15, -0.1) is 0 Å². The van der Waals surface area contributed by atoms with Crippen LogP contribution >= 0.6 is 0 Å². The molecule has 114 valence electrons. The molecule has 2 aliphatic rings. The number of aliphatic carboxylic acids is 1. The van der Waals surface area contributed by atoms with E-state index in [4.69, 9.17) is 4.74 Å². The summed E-state index contributed by atoms with van der Waals surface area (Å²) in [5.74, 6) is -0.932. The number of amides is 2. The Morgan fingerprint density at radius 1 is 1.30 bits per heavy atom. The molecule has 0 aromatic rings. The predicted molar refractivity (Wildman–Crippen MR) is 72.6 cm³/mol. The fourth-order valence-corrected chi connectivity index (χ4v) is 2.75. The van der Waals surface area contributed by atoms with Gasteiger partial charge in [0.05, 0.1) is 13.2 Å². The summed E-state index contributed by atoms with van der Waals surface area (Å²) in [4.78, 5) is 27.1. The van der Waals surface area contributed by atoms with E-state index in [0.717, 1.165) is 39.3 Å². The van der Waals surface area contributed by atoms with E-state index in [1.54, 1.807) is 6.92 Å². The van der Waals surface area contributed by atoms with E-state index in [1.807, 2.05) is 0 Å². The average Bonchev–Trinajstić information content (AvgIpc) is 2.83. The maximum Gasteiger partial charge on any atom is 0.329 e. The Morgan fingerprint density at radius 2 is 2.00 bits per heavy atom. The molecule has 2 aliphatic heterocycles. The molecule has 0 saturated carbocycles. The van der Waals surface area contributed by atoms with Gasteiger partial charge in [0.15, 0.2) is 0 Å². The number of hydrogen-bond donors (Lipinski definition) is 2. The quantitative estimate of drug-likeness (QED) is 0.758. The van der Waals surface area contributed by atoms with Crippen LogP contribution in [0, 0.1) is 0 Å². The average molecular weight is 285 g/mol. The lowest BCUT2D eigenvalue weighted by Crippen LogP contribution is -2.55. The van der Waals surface area contributed by atoms with Crippen LogP contribution in [0.3, 0.4) is 0 Å². The van der Waals surface area contributed by atoms with Crippen LogP contribution in [0.5, 0.6) is 0 Å². The number of ether oxygens (including phenoxy) is 1. The lowest BCUT2D eigenvalue weighted by Gasteiger charge is -2.32. The first kappa shape index (κ1) is 15.1. The van der Waals surface area contributed by atoms with Crippen molar-refractivity contribution in [3.63, 3.8) is 0 Å². The van der Waals surface area contributed by atoms with Crippen LogP contribution in [-0.4, -0.2) is 78.4 Å². The maximum atomic E-state index is 12.1. The van der Waals surface area contributed by atoms with Crippen LogP contribution in [-0.2, 0) is 9.53 Å². The highest BCUT2D eigenvalue weighted by molar-refractivity contribution is 5.86. The number of hydrogen-bond acceptors (Lipinski definition) is 4. The molecule has 0 aromatic carbocycles. The molecule has 1 unspecified atom stereocenters. The Labute approximate surface area is 118 Å². The zero-order valence-electron chi connectivity index (χ0n) is 11.9. The first-order valence-corrected chi connectivity index (χ1v) is 7.13. The summed E-state index contributed by atoms with van der Waals surface area (Å²) >= 11 is 0. The van der Waals surface area contributed by atoms with E-state index >= 15 is 0 Å². The molecule has 0 aromatic heterocycles. The van der Waals surface area contributed by atoms with E-state index in [9.17, 15) is 14.7 Å². The number of carbonyl (C=O) groups is 2. The number of carboxylic acid groups (broad SMARTS) is 1. The van der Waals surface area contributed by atoms with Gasteiger partial charge in [0.1, 0.15) is 5.54 Å². The van der Waals surface area contributed by atoms with Crippen LogP contribution in [0.15, 0.2) is 0 Å². The molecule has 2 amide bonds. The lowest BCUT2D eigenvalue weighted by atomic mass is 10.00. The molecule has 7 nitrogen and oxygen atoms in total. The smallest absolute Gasteiger partial charge is 0.329 e. The molecule has 0 aliphatic carbocycles. The predicted octanol–water partition coefficient (Wildman–Crippen LogP) is -0.0327. The topological polar surface area (TPSA) is 82.1 Å². The molecule has 2 rings (SSSR count). The van der Waals surface area contributed by atoms with Crippen LogP contribution in [0.1, 0.15) is 19.8 Å². The van der Waals surface area contributed by atoms with Gasteiger partial charge in [-0.05, 0) is 19.8 Å². The number of morpholine rings is 1. The van der Waals surface area contributed by atoms with Crippen LogP contribution < -0.4 is 5.32 Å². The van der Waals surface area contributed by atoms with Gasteiger partial charge in [-0.3, -0.25) is 4.90 Å². The Hall–Kier alpha value is -1.34. The standard InChI is InChI=1S/C13H23N3O4/c1-13(11(17)18)3-2-5-16(13)12(19)14-4-6-15-7-9-20-10-8-15/h2-10H2,1H3,(H,14,19)(H,17,18). The number of nitrogens with zero attached hydrogens (tertiary/aromatic N) is 2. The summed E-state index contributed by atoms with van der Waals surface area (Å²) < 4.78 is 5.26. The first-order chi connectivity index (χ1) is 9.54. The van der Waals surface area contributed by atoms with Crippen molar-refractivity contribution in [1.29, 1.82) is 0 Å². The van der Waals surface area contributed by atoms with Gasteiger partial charge in [-0.1, -0.05) is 0 Å². The minimum atomic E-state index is -1.07. The van der Waals surface area contributed by atoms with Crippen molar-refractivity contribution < 1.29 is 19.4 Å². The highest BCUT2D eigenvalue weighted by Gasteiger charge is 2.45. The number of carbonyl (C=O) groups excluding carboxylic acids is 1. The van der Waals surface area contributed by atoms with Crippen molar-refractivity contribution in [1.82, 2.24) is 15.1 Å². The van der Waals surface area contributed by atoms with E-state index < -0.39 is 11.5 Å². The van der Waals surface area contributed by atoms with Crippen molar-refractivity contribution in [3.05, 3.63) is 0 Å². The van der Waals surface area contributed by atoms with Crippen molar-refractivity contribution >= 4 is 12.0 Å². The molecule has 7 heteroatoms. The highest BCUT2D eigenvalue weighted by Crippen LogP contribution is 2.28. The second-order valence-electron chi connectivity index (χ2n) is 5.52. The Balaban J connectivity index is 1.78. The molecule has 0 radical (unpaired) electrons. The second kappa shape index (κ2) is 6.41. The van der Waals surface area contributed by atoms with Crippen molar-refractivity contribution in [2.45, 2.75) is 25.3 Å². The molecule has 0 bridgehead atoms. The lowest BCUT2D eigenvalue weighted by molar-refractivity contribution is -0.147. The number of carboxylic acids is 1. The summed E-state index contributed by atoms with van der Waals surface area (Å²) in [6.45, 7) is 6.65. The van der Waals surface area contributed by atoms with Crippen molar-refractivity contribution in [2.24, 2.45) is 0 Å². The van der Waals surface area contributed by atoms with Gasteiger partial charge in [0.2, 0.25) is 0 Å². The van der Waals surface area contributed by atoms with Gasteiger partial charge < -0.3 is 20.1 Å². The third-order valence-corrected chi connectivity index (χ3v) is 4.15. The van der Waals surface area contributed by atoms with Crippen LogP contribution in [0.2, 0.25) is 0 Å². The zero-order valence-corrected chi connectivity index (χ0v) is 11.9. The normalized spacial score (nSPS) is 27.6. The molecule has 2 fully saturated rings. The van der Waals surface area contributed by atoms with Gasteiger partial charge in [0.25, 0.3) is 0 Å². The Morgan fingerprint density at radius 3 is 2.65 bits per heavy atom. The molecular weight excluding hydrogens is 262 g/mol. The molecule has 20 heavy (non-hydrogen) atoms. The molecule has 2 N–H and O–H groups in total. The fraction of sp³-hybridized carbons (Fsp3) is 0.846. The van der Waals surface area contributed by atoms with Crippen molar-refractivity contribution in [2.75, 3.05) is 45.9 Å². The molecule has 2 saturated heterocycles.